The maximum absolute atomic E-state index is 13.6. The first kappa shape index (κ1) is 45.1. The van der Waals surface area contributed by atoms with E-state index in [-0.39, 0.29) is 22.3 Å². The van der Waals surface area contributed by atoms with Gasteiger partial charge in [0.25, 0.3) is 23.6 Å². The van der Waals surface area contributed by atoms with Gasteiger partial charge in [-0.25, -0.2) is 0 Å². The van der Waals surface area contributed by atoms with Crippen molar-refractivity contribution in [2.45, 2.75) is 182 Å². The number of carbonyl (C=O) groups is 4. The molecule has 1 aromatic rings. The topological polar surface area (TPSA) is 116 Å². The first-order valence-electron chi connectivity index (χ1n) is 20.7. The van der Waals surface area contributed by atoms with E-state index in [9.17, 15) is 19.2 Å². The van der Waals surface area contributed by atoms with E-state index < -0.39 is 23.6 Å². The molecule has 1 rings (SSSR count). The minimum Gasteiger partial charge on any atom is -0.352 e. The van der Waals surface area contributed by atoms with E-state index in [4.69, 9.17) is 0 Å². The highest BCUT2D eigenvalue weighted by atomic mass is 16.2. The van der Waals surface area contributed by atoms with E-state index in [1.54, 1.807) is 0 Å². The Morgan fingerprint density at radius 2 is 0.500 bits per heavy atom. The molecule has 4 N–H and O–H groups in total. The summed E-state index contributed by atoms with van der Waals surface area (Å²) in [7, 11) is 0. The fourth-order valence-corrected chi connectivity index (χ4v) is 6.16. The molecule has 0 aliphatic carbocycles. The third kappa shape index (κ3) is 20.7. The molecule has 0 aromatic heterocycles. The van der Waals surface area contributed by atoms with Crippen LogP contribution in [0.2, 0.25) is 0 Å². The predicted octanol–water partition coefficient (Wildman–Crippen LogP) is 10.0. The number of unbranched alkanes of at least 4 members (excludes halogenated alkanes) is 20. The summed E-state index contributed by atoms with van der Waals surface area (Å²) in [5, 5.41) is 11.9. The summed E-state index contributed by atoms with van der Waals surface area (Å²) in [6.07, 6.45) is 26.3. The summed E-state index contributed by atoms with van der Waals surface area (Å²) >= 11 is 0. The number of nitrogens with one attached hydrogen (secondary N) is 4. The summed E-state index contributed by atoms with van der Waals surface area (Å²) in [6.45, 7) is 10.7. The van der Waals surface area contributed by atoms with Gasteiger partial charge in [0.1, 0.15) is 0 Å². The van der Waals surface area contributed by atoms with Crippen LogP contribution in [0.15, 0.2) is 12.1 Å². The van der Waals surface area contributed by atoms with Gasteiger partial charge in [0.2, 0.25) is 0 Å². The van der Waals surface area contributed by atoms with Crippen LogP contribution in [0, 0.1) is 0 Å². The van der Waals surface area contributed by atoms with Crippen LogP contribution in [0.1, 0.15) is 223 Å². The lowest BCUT2D eigenvalue weighted by Crippen LogP contribution is -2.34. The fraction of sp³-hybridized carbons (Fsp3) is 0.762. The van der Waals surface area contributed by atoms with Crippen LogP contribution in [0.5, 0.6) is 0 Å². The number of rotatable bonds is 32. The SMILES string of the molecule is CCCCCCCCNC(=O)c1cc(C(=O)NCCCCCCCC)c(C(=O)NCCCCCCCC)cc1C(=O)NCCCCCCCC. The van der Waals surface area contributed by atoms with Gasteiger partial charge in [-0.1, -0.05) is 156 Å². The molecule has 0 saturated carbocycles. The van der Waals surface area contributed by atoms with Crippen molar-refractivity contribution in [3.05, 3.63) is 34.4 Å². The monoisotopic (exact) mass is 699 g/mol. The Bertz CT molecular complexity index is 912. The predicted molar refractivity (Wildman–Crippen MR) is 209 cm³/mol. The zero-order chi connectivity index (χ0) is 36.7. The maximum Gasteiger partial charge on any atom is 0.252 e. The molecule has 1 aromatic carbocycles. The summed E-state index contributed by atoms with van der Waals surface area (Å²) in [6, 6.07) is 2.93. The van der Waals surface area contributed by atoms with Crippen molar-refractivity contribution in [1.82, 2.24) is 21.3 Å². The Morgan fingerprint density at radius 3 is 0.700 bits per heavy atom. The van der Waals surface area contributed by atoms with Gasteiger partial charge in [-0.15, -0.1) is 0 Å². The molecule has 286 valence electrons. The second-order valence-electron chi connectivity index (χ2n) is 14.0. The van der Waals surface area contributed by atoms with E-state index in [1.807, 2.05) is 0 Å². The molecule has 0 unspecified atom stereocenters. The average Bonchev–Trinajstić information content (AvgIpc) is 3.12. The van der Waals surface area contributed by atoms with Crippen LogP contribution in [-0.2, 0) is 0 Å². The van der Waals surface area contributed by atoms with Gasteiger partial charge in [0, 0.05) is 26.2 Å². The molecule has 0 spiro atoms. The largest absolute Gasteiger partial charge is 0.352 e. The zero-order valence-electron chi connectivity index (χ0n) is 32.6. The van der Waals surface area contributed by atoms with E-state index >= 15 is 0 Å². The van der Waals surface area contributed by atoms with Crippen molar-refractivity contribution in [3.8, 4) is 0 Å². The van der Waals surface area contributed by atoms with Gasteiger partial charge in [-0.05, 0) is 37.8 Å². The summed E-state index contributed by atoms with van der Waals surface area (Å²) in [5.41, 5.74) is 0.532. The lowest BCUT2D eigenvalue weighted by atomic mass is 9.95. The minimum atomic E-state index is -0.396. The maximum atomic E-state index is 13.6. The van der Waals surface area contributed by atoms with E-state index in [1.165, 1.54) is 89.2 Å². The van der Waals surface area contributed by atoms with Gasteiger partial charge >= 0.3 is 0 Å². The number of hydrogen-bond donors (Lipinski definition) is 4. The number of amides is 4. The molecule has 0 heterocycles. The van der Waals surface area contributed by atoms with Gasteiger partial charge < -0.3 is 21.3 Å². The van der Waals surface area contributed by atoms with Crippen molar-refractivity contribution in [2.24, 2.45) is 0 Å². The van der Waals surface area contributed by atoms with E-state index in [0.29, 0.717) is 26.2 Å². The highest BCUT2D eigenvalue weighted by Gasteiger charge is 2.26. The van der Waals surface area contributed by atoms with Crippen LogP contribution < -0.4 is 21.3 Å². The molecule has 0 bridgehead atoms. The molecule has 0 saturated heterocycles. The number of hydrogen-bond acceptors (Lipinski definition) is 4. The molecule has 50 heavy (non-hydrogen) atoms. The third-order valence-corrected chi connectivity index (χ3v) is 9.40. The molecular weight excluding hydrogens is 624 g/mol. The molecule has 0 aliphatic heterocycles. The second kappa shape index (κ2) is 30.9. The molecule has 0 radical (unpaired) electrons. The van der Waals surface area contributed by atoms with Crippen molar-refractivity contribution in [1.29, 1.82) is 0 Å². The van der Waals surface area contributed by atoms with E-state index in [2.05, 4.69) is 49.0 Å². The molecule has 0 aliphatic rings. The lowest BCUT2D eigenvalue weighted by Gasteiger charge is -2.17. The third-order valence-electron chi connectivity index (χ3n) is 9.40. The quantitative estimate of drug-likeness (QED) is 0.0561. The molecule has 8 nitrogen and oxygen atoms in total. The highest BCUT2D eigenvalue weighted by molar-refractivity contribution is 6.14. The smallest absolute Gasteiger partial charge is 0.252 e. The van der Waals surface area contributed by atoms with Gasteiger partial charge in [-0.3, -0.25) is 19.2 Å². The van der Waals surface area contributed by atoms with Crippen LogP contribution in [0.3, 0.4) is 0 Å². The lowest BCUT2D eigenvalue weighted by molar-refractivity contribution is 0.0907. The van der Waals surface area contributed by atoms with Crippen molar-refractivity contribution >= 4 is 23.6 Å². The van der Waals surface area contributed by atoms with Gasteiger partial charge in [0.05, 0.1) is 22.3 Å². The Hall–Kier alpha value is -2.90. The van der Waals surface area contributed by atoms with Crippen LogP contribution >= 0.6 is 0 Å². The first-order valence-corrected chi connectivity index (χ1v) is 20.7. The normalized spacial score (nSPS) is 11.0. The van der Waals surface area contributed by atoms with Crippen LogP contribution in [0.25, 0.3) is 0 Å². The minimum absolute atomic E-state index is 0.133. The second-order valence-corrected chi connectivity index (χ2v) is 14.0. The first-order chi connectivity index (χ1) is 24.4. The van der Waals surface area contributed by atoms with Gasteiger partial charge in [0.15, 0.2) is 0 Å². The van der Waals surface area contributed by atoms with Crippen LogP contribution in [-0.4, -0.2) is 49.8 Å². The number of benzene rings is 1. The summed E-state index contributed by atoms with van der Waals surface area (Å²) < 4.78 is 0. The number of carbonyl (C=O) groups excluding carboxylic acids is 4. The Morgan fingerprint density at radius 1 is 0.320 bits per heavy atom. The highest BCUT2D eigenvalue weighted by Crippen LogP contribution is 2.20. The van der Waals surface area contributed by atoms with E-state index in [0.717, 1.165) is 77.0 Å². The molecular formula is C42H74N4O4. The Kier molecular flexibility index (Phi) is 27.9. The van der Waals surface area contributed by atoms with Crippen molar-refractivity contribution in [3.63, 3.8) is 0 Å². The molecule has 4 amide bonds. The summed E-state index contributed by atoms with van der Waals surface area (Å²) in [4.78, 5) is 54.5. The standard InChI is InChI=1S/C42H74N4O4/c1-5-9-13-17-21-25-29-43-39(47)35-33-37(41(49)45-31-27-23-19-15-11-7-3)38(42(50)46-32-28-24-20-16-12-8-4)34-36(35)40(48)44-30-26-22-18-14-10-6-2/h33-34H,5-32H2,1-4H3,(H,43,47)(H,44,48)(H,45,49)(H,46,50). The summed E-state index contributed by atoms with van der Waals surface area (Å²) in [5.74, 6) is -1.58. The fourth-order valence-electron chi connectivity index (χ4n) is 6.16. The van der Waals surface area contributed by atoms with Crippen LogP contribution in [0.4, 0.5) is 0 Å². The molecule has 8 heteroatoms. The van der Waals surface area contributed by atoms with Crippen molar-refractivity contribution in [2.75, 3.05) is 26.2 Å². The Labute approximate surface area is 305 Å². The molecule has 0 atom stereocenters. The van der Waals surface area contributed by atoms with Crippen molar-refractivity contribution < 1.29 is 19.2 Å². The average molecular weight is 699 g/mol. The zero-order valence-corrected chi connectivity index (χ0v) is 32.6. The molecule has 0 fully saturated rings. The Balaban J connectivity index is 3.22. The van der Waals surface area contributed by atoms with Gasteiger partial charge in [-0.2, -0.15) is 0 Å².